The summed E-state index contributed by atoms with van der Waals surface area (Å²) in [7, 11) is 0. The molecule has 0 fully saturated rings. The second-order valence-electron chi connectivity index (χ2n) is 5.94. The topological polar surface area (TPSA) is 59.9 Å². The van der Waals surface area contributed by atoms with Crippen molar-refractivity contribution in [1.29, 1.82) is 5.26 Å². The van der Waals surface area contributed by atoms with Gasteiger partial charge in [0.05, 0.1) is 22.6 Å². The summed E-state index contributed by atoms with van der Waals surface area (Å²) in [6.07, 6.45) is 3.75. The monoisotopic (exact) mass is 358 g/mol. The summed E-state index contributed by atoms with van der Waals surface area (Å²) >= 11 is 10.4. The van der Waals surface area contributed by atoms with E-state index in [4.69, 9.17) is 11.6 Å². The lowest BCUT2D eigenvalue weighted by Gasteiger charge is -2.39. The van der Waals surface area contributed by atoms with Crippen molar-refractivity contribution < 1.29 is 9.67 Å². The number of rotatable bonds is 2. The normalized spacial score (nSPS) is 26.6. The first kappa shape index (κ1) is 16.8. The van der Waals surface area contributed by atoms with Crippen LogP contribution in [0.2, 0.25) is 5.02 Å². The molecule has 2 heterocycles. The summed E-state index contributed by atoms with van der Waals surface area (Å²) in [4.78, 5) is 0. The SMILES string of the molecule is C[C@]1(O)NC(S)=C(C#N)[C@H](c2ccc(Cl)cc2)[C@H]1[n+]1ccccc1. The number of benzene rings is 1. The number of pyridine rings is 1. The smallest absolute Gasteiger partial charge is 0.216 e. The molecule has 0 bridgehead atoms. The Hall–Kier alpha value is -2.00. The van der Waals surface area contributed by atoms with Gasteiger partial charge in [0.1, 0.15) is 0 Å². The van der Waals surface area contributed by atoms with Gasteiger partial charge in [-0.2, -0.15) is 9.83 Å². The standard InChI is InChI=1S/C18H16ClN3OS/c1-18(23)16(22-9-3-2-4-10-22)15(14(11-20)17(24)21-18)12-5-7-13(19)8-6-12/h2-10,15-16,21,23H,1H3/p+1/t15-,16+,18+/m0/s1. The van der Waals surface area contributed by atoms with Crippen LogP contribution in [-0.4, -0.2) is 10.8 Å². The average molecular weight is 359 g/mol. The first-order chi connectivity index (χ1) is 11.4. The van der Waals surface area contributed by atoms with E-state index in [1.807, 2.05) is 47.3 Å². The Kier molecular flexibility index (Phi) is 4.55. The van der Waals surface area contributed by atoms with Crippen molar-refractivity contribution in [3.63, 3.8) is 0 Å². The van der Waals surface area contributed by atoms with E-state index in [0.29, 0.717) is 15.6 Å². The Morgan fingerprint density at radius 2 is 1.88 bits per heavy atom. The molecule has 1 aromatic carbocycles. The number of nitrogens with one attached hydrogen (secondary N) is 1. The molecule has 0 unspecified atom stereocenters. The first-order valence-electron chi connectivity index (χ1n) is 7.49. The highest BCUT2D eigenvalue weighted by Crippen LogP contribution is 2.43. The first-order valence-corrected chi connectivity index (χ1v) is 8.31. The fourth-order valence-corrected chi connectivity index (χ4v) is 3.75. The highest BCUT2D eigenvalue weighted by atomic mass is 35.5. The third-order valence-electron chi connectivity index (χ3n) is 4.24. The average Bonchev–Trinajstić information content (AvgIpc) is 2.55. The van der Waals surface area contributed by atoms with E-state index in [1.54, 1.807) is 19.1 Å². The zero-order chi connectivity index (χ0) is 17.3. The third kappa shape index (κ3) is 3.01. The second kappa shape index (κ2) is 6.48. The number of nitrogens with zero attached hydrogens (tertiary/aromatic N) is 2. The maximum atomic E-state index is 11.0. The van der Waals surface area contributed by atoms with E-state index in [2.05, 4.69) is 24.0 Å². The molecule has 122 valence electrons. The van der Waals surface area contributed by atoms with Crippen LogP contribution in [-0.2, 0) is 0 Å². The molecule has 2 aromatic rings. The zero-order valence-electron chi connectivity index (χ0n) is 13.0. The minimum atomic E-state index is -1.28. The van der Waals surface area contributed by atoms with Crippen molar-refractivity contribution in [3.05, 3.63) is 76.0 Å². The molecule has 0 radical (unpaired) electrons. The van der Waals surface area contributed by atoms with Crippen LogP contribution in [0.5, 0.6) is 0 Å². The lowest BCUT2D eigenvalue weighted by molar-refractivity contribution is -0.741. The van der Waals surface area contributed by atoms with Gasteiger partial charge in [-0.25, -0.2) is 0 Å². The van der Waals surface area contributed by atoms with Gasteiger partial charge in [-0.05, 0) is 24.6 Å². The molecule has 0 saturated heterocycles. The molecule has 1 aromatic heterocycles. The number of halogens is 1. The number of thiol groups is 1. The highest BCUT2D eigenvalue weighted by molar-refractivity contribution is 7.84. The summed E-state index contributed by atoms with van der Waals surface area (Å²) < 4.78 is 1.91. The molecule has 0 amide bonds. The third-order valence-corrected chi connectivity index (χ3v) is 4.84. The van der Waals surface area contributed by atoms with Gasteiger partial charge in [0.15, 0.2) is 18.1 Å². The zero-order valence-corrected chi connectivity index (χ0v) is 14.7. The van der Waals surface area contributed by atoms with E-state index in [9.17, 15) is 10.4 Å². The van der Waals surface area contributed by atoms with Crippen LogP contribution in [0.15, 0.2) is 65.5 Å². The molecule has 1 aliphatic heterocycles. The van der Waals surface area contributed by atoms with E-state index in [0.717, 1.165) is 5.56 Å². The Balaban J connectivity index is 2.22. The minimum Gasteiger partial charge on any atom is -0.366 e. The van der Waals surface area contributed by atoms with Crippen LogP contribution >= 0.6 is 24.2 Å². The maximum Gasteiger partial charge on any atom is 0.216 e. The number of nitriles is 1. The summed E-state index contributed by atoms with van der Waals surface area (Å²) in [5, 5.41) is 24.6. The highest BCUT2D eigenvalue weighted by Gasteiger charge is 2.51. The summed E-state index contributed by atoms with van der Waals surface area (Å²) in [5.74, 6) is -0.358. The molecule has 0 aliphatic carbocycles. The molecular weight excluding hydrogens is 342 g/mol. The minimum absolute atomic E-state index is 0.358. The Morgan fingerprint density at radius 1 is 1.25 bits per heavy atom. The van der Waals surface area contributed by atoms with Crippen molar-refractivity contribution in [1.82, 2.24) is 5.32 Å². The molecule has 1 aliphatic rings. The fraction of sp³-hybridized carbons (Fsp3) is 0.222. The van der Waals surface area contributed by atoms with Gasteiger partial charge in [-0.1, -0.05) is 29.8 Å². The molecule has 24 heavy (non-hydrogen) atoms. The Labute approximate surface area is 151 Å². The predicted molar refractivity (Wildman–Crippen MR) is 95.3 cm³/mol. The lowest BCUT2D eigenvalue weighted by atomic mass is 9.78. The quantitative estimate of drug-likeness (QED) is 0.571. The van der Waals surface area contributed by atoms with Crippen LogP contribution in [0.4, 0.5) is 0 Å². The summed E-state index contributed by atoms with van der Waals surface area (Å²) in [5.41, 5.74) is 0.0903. The van der Waals surface area contributed by atoms with Crippen molar-refractivity contribution in [3.8, 4) is 6.07 Å². The van der Waals surface area contributed by atoms with Gasteiger partial charge in [0.2, 0.25) is 6.04 Å². The maximum absolute atomic E-state index is 11.0. The summed E-state index contributed by atoms with van der Waals surface area (Å²) in [6.45, 7) is 1.69. The van der Waals surface area contributed by atoms with Crippen molar-refractivity contribution in [2.45, 2.75) is 24.6 Å². The molecule has 0 spiro atoms. The second-order valence-corrected chi connectivity index (χ2v) is 6.83. The van der Waals surface area contributed by atoms with Crippen molar-refractivity contribution in [2.75, 3.05) is 0 Å². The van der Waals surface area contributed by atoms with Crippen LogP contribution in [0, 0.1) is 11.3 Å². The van der Waals surface area contributed by atoms with Crippen LogP contribution in [0.1, 0.15) is 24.4 Å². The number of hydrogen-bond acceptors (Lipinski definition) is 4. The van der Waals surface area contributed by atoms with E-state index >= 15 is 0 Å². The van der Waals surface area contributed by atoms with Crippen LogP contribution in [0.25, 0.3) is 0 Å². The number of hydrogen-bond donors (Lipinski definition) is 3. The molecule has 3 atom stereocenters. The Morgan fingerprint density at radius 3 is 2.46 bits per heavy atom. The molecular formula is C18H17ClN3OS+. The van der Waals surface area contributed by atoms with E-state index in [-0.39, 0.29) is 5.92 Å². The van der Waals surface area contributed by atoms with Gasteiger partial charge in [-0.15, -0.1) is 12.6 Å². The molecule has 2 N–H and O–H groups in total. The molecule has 6 heteroatoms. The Bertz CT molecular complexity index is 812. The van der Waals surface area contributed by atoms with Crippen LogP contribution < -0.4 is 9.88 Å². The van der Waals surface area contributed by atoms with Gasteiger partial charge >= 0.3 is 0 Å². The van der Waals surface area contributed by atoms with E-state index < -0.39 is 11.8 Å². The number of aromatic nitrogens is 1. The molecule has 3 rings (SSSR count). The lowest BCUT2D eigenvalue weighted by Crippen LogP contribution is -2.62. The molecule has 0 saturated carbocycles. The van der Waals surface area contributed by atoms with Gasteiger partial charge in [0, 0.05) is 17.2 Å². The summed E-state index contributed by atoms with van der Waals surface area (Å²) in [6, 6.07) is 14.8. The molecule has 4 nitrogen and oxygen atoms in total. The fourth-order valence-electron chi connectivity index (χ4n) is 3.21. The van der Waals surface area contributed by atoms with Gasteiger partial charge in [0.25, 0.3) is 0 Å². The number of allylic oxidation sites excluding steroid dienone is 1. The largest absolute Gasteiger partial charge is 0.366 e. The van der Waals surface area contributed by atoms with Gasteiger partial charge < -0.3 is 10.4 Å². The van der Waals surface area contributed by atoms with Crippen molar-refractivity contribution >= 4 is 24.2 Å². The van der Waals surface area contributed by atoms with Gasteiger partial charge in [-0.3, -0.25) is 0 Å². The van der Waals surface area contributed by atoms with E-state index in [1.165, 1.54) is 0 Å². The van der Waals surface area contributed by atoms with Crippen LogP contribution in [0.3, 0.4) is 0 Å². The number of aliphatic hydroxyl groups is 1. The van der Waals surface area contributed by atoms with Crippen molar-refractivity contribution in [2.24, 2.45) is 0 Å². The predicted octanol–water partition coefficient (Wildman–Crippen LogP) is 2.93.